The second kappa shape index (κ2) is 10.9. The molecule has 0 aliphatic carbocycles. The van der Waals surface area contributed by atoms with E-state index in [1.807, 2.05) is 36.4 Å². The normalized spacial score (nSPS) is 10.2. The zero-order valence-corrected chi connectivity index (χ0v) is 16.0. The number of methoxy groups -OCH3 is 1. The van der Waals surface area contributed by atoms with Gasteiger partial charge < -0.3 is 14.8 Å². The highest BCUT2D eigenvalue weighted by molar-refractivity contribution is 9.10. The number of nitrogens with one attached hydrogen (secondary N) is 1. The molecular weight excluding hydrogens is 401 g/mol. The van der Waals surface area contributed by atoms with Gasteiger partial charge in [0.25, 0.3) is 0 Å². The summed E-state index contributed by atoms with van der Waals surface area (Å²) in [6, 6.07) is 13.7. The molecule has 0 atom stereocenters. The number of ether oxygens (including phenoxy) is 2. The lowest BCUT2D eigenvalue weighted by Crippen LogP contribution is -2.19. The zero-order valence-electron chi connectivity index (χ0n) is 12.9. The van der Waals surface area contributed by atoms with Crippen LogP contribution in [-0.4, -0.2) is 20.3 Å². The van der Waals surface area contributed by atoms with Crippen molar-refractivity contribution in [3.05, 3.63) is 63.1 Å². The Balaban J connectivity index is 0.00000264. The minimum absolute atomic E-state index is 0. The Morgan fingerprint density at radius 1 is 1.13 bits per heavy atom. The molecule has 6 heteroatoms. The van der Waals surface area contributed by atoms with Gasteiger partial charge in [-0.15, -0.1) is 12.4 Å². The average Bonchev–Trinajstić information content (AvgIpc) is 2.52. The van der Waals surface area contributed by atoms with Crippen molar-refractivity contribution in [2.24, 2.45) is 0 Å². The fourth-order valence-electron chi connectivity index (χ4n) is 1.97. The molecule has 0 saturated heterocycles. The Morgan fingerprint density at radius 3 is 2.57 bits per heavy atom. The molecule has 0 aliphatic rings. The molecule has 2 aromatic rings. The van der Waals surface area contributed by atoms with E-state index >= 15 is 0 Å². The molecule has 1 N–H and O–H groups in total. The van der Waals surface area contributed by atoms with E-state index in [0.717, 1.165) is 39.5 Å². The first kappa shape index (κ1) is 20.3. The topological polar surface area (TPSA) is 30.5 Å². The molecule has 0 heterocycles. The van der Waals surface area contributed by atoms with Gasteiger partial charge in [0.05, 0.1) is 6.61 Å². The van der Waals surface area contributed by atoms with E-state index in [0.29, 0.717) is 13.2 Å². The molecule has 0 fully saturated rings. The average molecular weight is 421 g/mol. The highest BCUT2D eigenvalue weighted by Crippen LogP contribution is 2.24. The van der Waals surface area contributed by atoms with E-state index in [4.69, 9.17) is 21.1 Å². The summed E-state index contributed by atoms with van der Waals surface area (Å²) in [5.74, 6) is 0.878. The molecule has 0 amide bonds. The van der Waals surface area contributed by atoms with Gasteiger partial charge in [0.1, 0.15) is 12.4 Å². The lowest BCUT2D eigenvalue weighted by Gasteiger charge is -2.13. The van der Waals surface area contributed by atoms with Crippen molar-refractivity contribution in [2.75, 3.05) is 20.3 Å². The van der Waals surface area contributed by atoms with Crippen molar-refractivity contribution in [1.82, 2.24) is 5.32 Å². The van der Waals surface area contributed by atoms with Crippen molar-refractivity contribution < 1.29 is 9.47 Å². The first-order chi connectivity index (χ1) is 10.7. The molecule has 2 rings (SSSR count). The summed E-state index contributed by atoms with van der Waals surface area (Å²) in [7, 11) is 1.70. The Kier molecular flexibility index (Phi) is 9.60. The van der Waals surface area contributed by atoms with Crippen LogP contribution in [0.15, 0.2) is 46.9 Å². The smallest absolute Gasteiger partial charge is 0.124 e. The van der Waals surface area contributed by atoms with Crippen LogP contribution in [0.5, 0.6) is 5.75 Å². The number of hydrogen-bond donors (Lipinski definition) is 1. The second-order valence-corrected chi connectivity index (χ2v) is 6.19. The maximum atomic E-state index is 5.94. The van der Waals surface area contributed by atoms with Crippen molar-refractivity contribution >= 4 is 39.9 Å². The van der Waals surface area contributed by atoms with Crippen molar-refractivity contribution in [2.45, 2.75) is 13.2 Å². The van der Waals surface area contributed by atoms with Crippen LogP contribution in [-0.2, 0) is 17.9 Å². The van der Waals surface area contributed by atoms with Crippen molar-refractivity contribution in [3.63, 3.8) is 0 Å². The maximum absolute atomic E-state index is 5.94. The SMILES string of the molecule is COCCNCc1cc(Br)ccc1OCc1ccc(Cl)cc1.Cl. The molecule has 0 unspecified atom stereocenters. The Morgan fingerprint density at radius 2 is 1.87 bits per heavy atom. The van der Waals surface area contributed by atoms with Gasteiger partial charge in [-0.1, -0.05) is 39.7 Å². The Bertz CT molecular complexity index is 594. The molecule has 0 radical (unpaired) electrons. The largest absolute Gasteiger partial charge is 0.489 e. The quantitative estimate of drug-likeness (QED) is 0.619. The third kappa shape index (κ3) is 7.10. The monoisotopic (exact) mass is 419 g/mol. The van der Waals surface area contributed by atoms with E-state index < -0.39 is 0 Å². The summed E-state index contributed by atoms with van der Waals surface area (Å²) >= 11 is 9.39. The van der Waals surface area contributed by atoms with E-state index in [2.05, 4.69) is 27.3 Å². The van der Waals surface area contributed by atoms with E-state index in [-0.39, 0.29) is 12.4 Å². The fraction of sp³-hybridized carbons (Fsp3) is 0.294. The molecule has 2 aromatic carbocycles. The Hall–Kier alpha value is -0.780. The predicted molar refractivity (Wildman–Crippen MR) is 101 cm³/mol. The maximum Gasteiger partial charge on any atom is 0.124 e. The van der Waals surface area contributed by atoms with Crippen LogP contribution in [0, 0.1) is 0 Å². The highest BCUT2D eigenvalue weighted by atomic mass is 79.9. The molecule has 0 saturated carbocycles. The summed E-state index contributed by atoms with van der Waals surface area (Å²) in [6.45, 7) is 2.75. The lowest BCUT2D eigenvalue weighted by atomic mass is 10.2. The predicted octanol–water partition coefficient (Wildman–Crippen LogP) is 4.84. The lowest BCUT2D eigenvalue weighted by molar-refractivity contribution is 0.199. The first-order valence-electron chi connectivity index (χ1n) is 7.04. The van der Waals surface area contributed by atoms with Crippen LogP contribution in [0.1, 0.15) is 11.1 Å². The van der Waals surface area contributed by atoms with Crippen LogP contribution in [0.4, 0.5) is 0 Å². The molecule has 0 spiro atoms. The summed E-state index contributed by atoms with van der Waals surface area (Å²) < 4.78 is 12.0. The van der Waals surface area contributed by atoms with Gasteiger partial charge in [-0.25, -0.2) is 0 Å². The molecule has 0 bridgehead atoms. The number of benzene rings is 2. The van der Waals surface area contributed by atoms with E-state index in [9.17, 15) is 0 Å². The third-order valence-corrected chi connectivity index (χ3v) is 3.87. The van der Waals surface area contributed by atoms with Gasteiger partial charge in [-0.05, 0) is 35.9 Å². The van der Waals surface area contributed by atoms with Gasteiger partial charge in [0.15, 0.2) is 0 Å². The minimum Gasteiger partial charge on any atom is -0.489 e. The summed E-state index contributed by atoms with van der Waals surface area (Å²) in [6.07, 6.45) is 0. The first-order valence-corrected chi connectivity index (χ1v) is 8.21. The standard InChI is InChI=1S/C17H19BrClNO2.ClH/c1-21-9-8-20-11-14-10-15(18)4-7-17(14)22-12-13-2-5-16(19)6-3-13;/h2-7,10,20H,8-9,11-12H2,1H3;1H. The summed E-state index contributed by atoms with van der Waals surface area (Å²) in [5.41, 5.74) is 2.20. The van der Waals surface area contributed by atoms with Gasteiger partial charge >= 0.3 is 0 Å². The minimum atomic E-state index is 0. The van der Waals surface area contributed by atoms with Crippen molar-refractivity contribution in [1.29, 1.82) is 0 Å². The van der Waals surface area contributed by atoms with Crippen LogP contribution in [0.25, 0.3) is 0 Å². The van der Waals surface area contributed by atoms with Crippen LogP contribution in [0.3, 0.4) is 0 Å². The summed E-state index contributed by atoms with van der Waals surface area (Å²) in [5, 5.41) is 4.06. The molecule has 0 aliphatic heterocycles. The Labute approximate surface area is 156 Å². The van der Waals surface area contributed by atoms with Crippen LogP contribution < -0.4 is 10.1 Å². The number of rotatable bonds is 8. The van der Waals surface area contributed by atoms with Gasteiger partial charge in [-0.3, -0.25) is 0 Å². The molecular formula is C17H20BrCl2NO2. The van der Waals surface area contributed by atoms with E-state index in [1.54, 1.807) is 7.11 Å². The highest BCUT2D eigenvalue weighted by Gasteiger charge is 2.05. The third-order valence-electron chi connectivity index (χ3n) is 3.13. The van der Waals surface area contributed by atoms with Crippen LogP contribution >= 0.6 is 39.9 Å². The zero-order chi connectivity index (χ0) is 15.8. The van der Waals surface area contributed by atoms with Crippen molar-refractivity contribution in [3.8, 4) is 5.75 Å². The fourth-order valence-corrected chi connectivity index (χ4v) is 2.50. The van der Waals surface area contributed by atoms with Gasteiger partial charge in [-0.2, -0.15) is 0 Å². The second-order valence-electron chi connectivity index (χ2n) is 4.84. The molecule has 126 valence electrons. The molecule has 0 aromatic heterocycles. The van der Waals surface area contributed by atoms with Gasteiger partial charge in [0, 0.05) is 35.3 Å². The number of hydrogen-bond acceptors (Lipinski definition) is 3. The summed E-state index contributed by atoms with van der Waals surface area (Å²) in [4.78, 5) is 0. The number of halogens is 3. The van der Waals surface area contributed by atoms with E-state index in [1.165, 1.54) is 0 Å². The van der Waals surface area contributed by atoms with Gasteiger partial charge in [0.2, 0.25) is 0 Å². The molecule has 3 nitrogen and oxygen atoms in total. The molecule has 23 heavy (non-hydrogen) atoms. The van der Waals surface area contributed by atoms with Crippen LogP contribution in [0.2, 0.25) is 5.02 Å².